The summed E-state index contributed by atoms with van der Waals surface area (Å²) in [6.45, 7) is 4.23. The summed E-state index contributed by atoms with van der Waals surface area (Å²) < 4.78 is 38.3. The number of rotatable bonds is 34. The zero-order chi connectivity index (χ0) is 41.6. The first-order valence-corrected chi connectivity index (χ1v) is 22.5. The number of unbranched alkanes of at least 4 members (excludes halogenated alkanes) is 11. The van der Waals surface area contributed by atoms with E-state index in [-0.39, 0.29) is 25.2 Å². The van der Waals surface area contributed by atoms with Crippen LogP contribution in [0.3, 0.4) is 0 Å². The van der Waals surface area contributed by atoms with Crippen LogP contribution in [-0.4, -0.2) is 106 Å². The molecule has 14 nitrogen and oxygen atoms in total. The van der Waals surface area contributed by atoms with Crippen molar-refractivity contribution in [1.82, 2.24) is 0 Å². The second-order valence-corrected chi connectivity index (χ2v) is 16.8. The second kappa shape index (κ2) is 32.2. The fourth-order valence-corrected chi connectivity index (χ4v) is 7.01. The molecular weight excluding hydrogens is 747 g/mol. The molecular formula is C41H75O14P. The summed E-state index contributed by atoms with van der Waals surface area (Å²) in [5, 5.41) is 49.2. The van der Waals surface area contributed by atoms with Crippen molar-refractivity contribution in [3.63, 3.8) is 0 Å². The highest BCUT2D eigenvalue weighted by Gasteiger charge is 2.35. The Bertz CT molecular complexity index is 1120. The molecule has 0 aliphatic carbocycles. The van der Waals surface area contributed by atoms with Gasteiger partial charge in [-0.25, -0.2) is 4.57 Å². The Balaban J connectivity index is 2.53. The van der Waals surface area contributed by atoms with E-state index >= 15 is 0 Å². The Morgan fingerprint density at radius 1 is 0.821 bits per heavy atom. The van der Waals surface area contributed by atoms with Gasteiger partial charge in [-0.2, -0.15) is 0 Å². The molecule has 0 bridgehead atoms. The van der Waals surface area contributed by atoms with Gasteiger partial charge >= 0.3 is 19.8 Å². The van der Waals surface area contributed by atoms with Gasteiger partial charge in [-0.15, -0.1) is 0 Å². The molecule has 8 atom stereocenters. The van der Waals surface area contributed by atoms with Gasteiger partial charge in [0.15, 0.2) is 12.4 Å². The molecule has 1 aliphatic rings. The lowest BCUT2D eigenvalue weighted by molar-refractivity contribution is -0.199. The molecule has 15 heteroatoms. The number of esters is 2. The van der Waals surface area contributed by atoms with Crippen LogP contribution in [-0.2, 0) is 37.4 Å². The molecule has 1 heterocycles. The molecule has 0 amide bonds. The van der Waals surface area contributed by atoms with Gasteiger partial charge in [0.1, 0.15) is 12.7 Å². The zero-order valence-electron chi connectivity index (χ0n) is 34.3. The minimum Gasteiger partial charge on any atom is -0.462 e. The predicted molar refractivity (Wildman–Crippen MR) is 213 cm³/mol. The molecule has 0 radical (unpaired) electrons. The monoisotopic (exact) mass is 822 g/mol. The van der Waals surface area contributed by atoms with Crippen LogP contribution >= 0.6 is 7.82 Å². The molecule has 0 aromatic carbocycles. The van der Waals surface area contributed by atoms with E-state index in [0.29, 0.717) is 32.1 Å². The Hall–Kier alpha value is -1.71. The van der Waals surface area contributed by atoms with Crippen LogP contribution in [0.5, 0.6) is 0 Å². The second-order valence-electron chi connectivity index (χ2n) is 15.4. The van der Waals surface area contributed by atoms with Gasteiger partial charge in [-0.1, -0.05) is 122 Å². The third-order valence-corrected chi connectivity index (χ3v) is 10.5. The van der Waals surface area contributed by atoms with Gasteiger partial charge in [0.05, 0.1) is 38.1 Å². The van der Waals surface area contributed by atoms with E-state index in [9.17, 15) is 39.5 Å². The third-order valence-electron chi connectivity index (χ3n) is 9.58. The number of aliphatic hydroxyl groups excluding tert-OH is 5. The van der Waals surface area contributed by atoms with Gasteiger partial charge in [-0.3, -0.25) is 18.6 Å². The minimum absolute atomic E-state index is 0.0487. The molecule has 0 saturated carbocycles. The number of aliphatic hydroxyl groups is 5. The number of phosphoric acid groups is 1. The normalized spacial score (nSPS) is 21.7. The number of hydrogen-bond acceptors (Lipinski definition) is 13. The summed E-state index contributed by atoms with van der Waals surface area (Å²) in [5.41, 5.74) is 0. The number of carbonyl (C=O) groups excluding carboxylic acids is 2. The van der Waals surface area contributed by atoms with E-state index < -0.39 is 83.0 Å². The number of hydrogen-bond donors (Lipinski definition) is 6. The highest BCUT2D eigenvalue weighted by molar-refractivity contribution is 7.47. The van der Waals surface area contributed by atoms with Crippen molar-refractivity contribution in [1.29, 1.82) is 0 Å². The van der Waals surface area contributed by atoms with Crippen molar-refractivity contribution >= 4 is 19.8 Å². The Kier molecular flexibility index (Phi) is 30.1. The lowest BCUT2D eigenvalue weighted by Crippen LogP contribution is -2.43. The number of carbonyl (C=O) groups is 2. The maximum Gasteiger partial charge on any atom is 0.472 e. The van der Waals surface area contributed by atoms with Gasteiger partial charge in [-0.05, 0) is 38.0 Å². The molecule has 328 valence electrons. The first-order valence-electron chi connectivity index (χ1n) is 21.0. The van der Waals surface area contributed by atoms with Crippen LogP contribution in [0.2, 0.25) is 0 Å². The summed E-state index contributed by atoms with van der Waals surface area (Å²) >= 11 is 0. The minimum atomic E-state index is -4.68. The van der Waals surface area contributed by atoms with E-state index in [1.165, 1.54) is 38.5 Å². The van der Waals surface area contributed by atoms with Crippen LogP contribution < -0.4 is 0 Å². The number of ether oxygens (including phenoxy) is 3. The fourth-order valence-electron chi connectivity index (χ4n) is 6.22. The molecule has 1 rings (SSSR count). The van der Waals surface area contributed by atoms with E-state index in [1.807, 2.05) is 12.2 Å². The molecule has 6 N–H and O–H groups in total. The van der Waals surface area contributed by atoms with Crippen molar-refractivity contribution in [3.05, 3.63) is 24.3 Å². The molecule has 0 aromatic rings. The SMILES string of the molecule is CCCCC[C@H](O)/C=C/[C@H]1OC(O)C[C@H](O)[C@@H]1C/C=C\CCCC(=O)OC[C@H](COP(=O)(O)OC[C@@H](O)CO)OC(=O)CCCCCCCCCCCC(C)C. The van der Waals surface area contributed by atoms with Gasteiger partial charge in [0, 0.05) is 25.2 Å². The van der Waals surface area contributed by atoms with Crippen molar-refractivity contribution in [2.75, 3.05) is 26.4 Å². The highest BCUT2D eigenvalue weighted by atomic mass is 31.2. The number of allylic oxidation sites excluding steroid dienone is 2. The van der Waals surface area contributed by atoms with Crippen molar-refractivity contribution < 1.29 is 67.8 Å². The van der Waals surface area contributed by atoms with Crippen molar-refractivity contribution in [2.45, 2.75) is 186 Å². The average molecular weight is 823 g/mol. The van der Waals surface area contributed by atoms with E-state index in [0.717, 1.165) is 44.4 Å². The van der Waals surface area contributed by atoms with Gasteiger partial charge in [0.25, 0.3) is 0 Å². The Morgan fingerprint density at radius 3 is 2.11 bits per heavy atom. The summed E-state index contributed by atoms with van der Waals surface area (Å²) in [7, 11) is -4.68. The van der Waals surface area contributed by atoms with Crippen LogP contribution in [0.1, 0.15) is 149 Å². The third kappa shape index (κ3) is 27.8. The largest absolute Gasteiger partial charge is 0.472 e. The quantitative estimate of drug-likeness (QED) is 0.0175. The average Bonchev–Trinajstić information content (AvgIpc) is 3.15. The van der Waals surface area contributed by atoms with Gasteiger partial charge in [0.2, 0.25) is 0 Å². The van der Waals surface area contributed by atoms with Crippen LogP contribution in [0.4, 0.5) is 0 Å². The van der Waals surface area contributed by atoms with Crippen molar-refractivity contribution in [2.24, 2.45) is 11.8 Å². The smallest absolute Gasteiger partial charge is 0.462 e. The summed E-state index contributed by atoms with van der Waals surface area (Å²) in [5.74, 6) is -0.694. The van der Waals surface area contributed by atoms with Crippen LogP contribution in [0.15, 0.2) is 24.3 Å². The molecule has 1 fully saturated rings. The number of phosphoric ester groups is 1. The summed E-state index contributed by atoms with van der Waals surface area (Å²) in [6, 6.07) is 0. The molecule has 0 aromatic heterocycles. The molecule has 1 aliphatic heterocycles. The van der Waals surface area contributed by atoms with Crippen LogP contribution in [0.25, 0.3) is 0 Å². The maximum absolute atomic E-state index is 12.6. The lowest BCUT2D eigenvalue weighted by atomic mass is 9.87. The summed E-state index contributed by atoms with van der Waals surface area (Å²) in [4.78, 5) is 35.1. The molecule has 1 saturated heterocycles. The Morgan fingerprint density at radius 2 is 1.45 bits per heavy atom. The van der Waals surface area contributed by atoms with Crippen molar-refractivity contribution in [3.8, 4) is 0 Å². The van der Waals surface area contributed by atoms with E-state index in [1.54, 1.807) is 12.2 Å². The molecule has 2 unspecified atom stereocenters. The van der Waals surface area contributed by atoms with E-state index in [2.05, 4.69) is 25.3 Å². The maximum atomic E-state index is 12.6. The van der Waals surface area contributed by atoms with E-state index in [4.69, 9.17) is 23.8 Å². The highest BCUT2D eigenvalue weighted by Crippen LogP contribution is 2.43. The predicted octanol–water partition coefficient (Wildman–Crippen LogP) is 6.57. The standard InChI is InChI=1S/C41H75O14P/c1-4-5-15-21-33(43)25-26-38-36(37(45)27-41(48)55-38)22-17-13-14-18-23-39(46)51-30-35(31-53-56(49,50)52-29-34(44)28-42)54-40(47)24-19-12-10-8-6-7-9-11-16-20-32(2)3/h13,17,25-26,32-38,41-45,48H,4-12,14-16,18-24,27-31H2,1-3H3,(H,49,50)/b17-13-,26-25+/t33-,34-,35+,36-,37-,38+,41?/m0/s1. The van der Waals surface area contributed by atoms with Gasteiger partial charge < -0.3 is 44.6 Å². The van der Waals surface area contributed by atoms with Crippen LogP contribution in [0, 0.1) is 11.8 Å². The topological polar surface area (TPSA) is 219 Å². The lowest BCUT2D eigenvalue weighted by Gasteiger charge is -2.36. The fraction of sp³-hybridized carbons (Fsp3) is 0.854. The Labute approximate surface area is 335 Å². The first kappa shape index (κ1) is 52.3. The molecule has 56 heavy (non-hydrogen) atoms. The first-order chi connectivity index (χ1) is 26.8. The summed E-state index contributed by atoms with van der Waals surface area (Å²) in [6.07, 6.45) is 17.8. The molecule has 0 spiro atoms. The zero-order valence-corrected chi connectivity index (χ0v) is 35.2.